The summed E-state index contributed by atoms with van der Waals surface area (Å²) in [5.41, 5.74) is -0.0493. The molecule has 0 atom stereocenters. The molecule has 0 aliphatic rings. The van der Waals surface area contributed by atoms with E-state index in [-0.39, 0.29) is 63.1 Å². The summed E-state index contributed by atoms with van der Waals surface area (Å²) in [5, 5.41) is 0. The Morgan fingerprint density at radius 1 is 1.24 bits per heavy atom. The van der Waals surface area contributed by atoms with Gasteiger partial charge in [-0.3, -0.25) is 0 Å². The third-order valence-electron chi connectivity index (χ3n) is 2.09. The van der Waals surface area contributed by atoms with Crippen LogP contribution in [-0.4, -0.2) is 13.6 Å². The number of benzene rings is 1. The van der Waals surface area contributed by atoms with E-state index < -0.39 is 12.4 Å². The number of halogens is 3. The van der Waals surface area contributed by atoms with Crippen molar-refractivity contribution in [3.63, 3.8) is 0 Å². The first-order valence-electron chi connectivity index (χ1n) is 5.24. The van der Waals surface area contributed by atoms with E-state index in [4.69, 9.17) is 4.74 Å². The van der Waals surface area contributed by atoms with Crippen LogP contribution in [0.15, 0.2) is 18.2 Å². The van der Waals surface area contributed by atoms with Gasteiger partial charge < -0.3 is 17.7 Å². The maximum atomic E-state index is 12.7. The fourth-order valence-corrected chi connectivity index (χ4v) is 1.31. The van der Waals surface area contributed by atoms with Gasteiger partial charge in [0, 0.05) is 0 Å². The fraction of sp³-hybridized carbons (Fsp3) is 0.455. The van der Waals surface area contributed by atoms with Gasteiger partial charge in [0.15, 0.2) is 0 Å². The summed E-state index contributed by atoms with van der Waals surface area (Å²) in [6.45, 7) is 0.709. The largest absolute Gasteiger partial charge is 1.00 e. The van der Waals surface area contributed by atoms with Crippen LogP contribution in [0.3, 0.4) is 0 Å². The van der Waals surface area contributed by atoms with Crippen molar-refractivity contribution in [1.29, 1.82) is 0 Å². The van der Waals surface area contributed by atoms with Gasteiger partial charge in [0.2, 0.25) is 0 Å². The van der Waals surface area contributed by atoms with Crippen molar-refractivity contribution in [2.75, 3.05) is 6.61 Å². The Bertz CT molecular complexity index is 366. The number of rotatable bonds is 4. The standard InChI is InChI=1S/C11H15BF3O.K/c1-8(2)7-16-11-5-4-9(3)6-10(11)12(13,14)15;/h4-6,8H,7H2,1-3H3;/q-1;+1. The van der Waals surface area contributed by atoms with Gasteiger partial charge in [-0.2, -0.15) is 0 Å². The van der Waals surface area contributed by atoms with E-state index in [0.29, 0.717) is 12.2 Å². The van der Waals surface area contributed by atoms with Gasteiger partial charge >= 0.3 is 58.4 Å². The van der Waals surface area contributed by atoms with E-state index in [1.54, 1.807) is 13.0 Å². The van der Waals surface area contributed by atoms with Gasteiger partial charge in [0.1, 0.15) is 0 Å². The molecule has 0 bridgehead atoms. The first-order valence-corrected chi connectivity index (χ1v) is 5.24. The zero-order valence-electron chi connectivity index (χ0n) is 10.6. The molecule has 6 heteroatoms. The van der Waals surface area contributed by atoms with Crippen molar-refractivity contribution in [1.82, 2.24) is 0 Å². The Hall–Kier alpha value is 0.511. The molecule has 1 aromatic rings. The van der Waals surface area contributed by atoms with Gasteiger partial charge in [-0.1, -0.05) is 37.0 Å². The third-order valence-corrected chi connectivity index (χ3v) is 2.09. The van der Waals surface area contributed by atoms with E-state index in [1.165, 1.54) is 6.07 Å². The molecule has 1 aromatic carbocycles. The summed E-state index contributed by atoms with van der Waals surface area (Å²) in [6, 6.07) is 4.15. The second-order valence-corrected chi connectivity index (χ2v) is 4.32. The minimum absolute atomic E-state index is 0. The van der Waals surface area contributed by atoms with Crippen LogP contribution in [-0.2, 0) is 0 Å². The Balaban J connectivity index is 0.00000256. The summed E-state index contributed by atoms with van der Waals surface area (Å²) in [7, 11) is 0. The molecule has 1 nitrogen and oxygen atoms in total. The van der Waals surface area contributed by atoms with Crippen LogP contribution in [0.25, 0.3) is 0 Å². The molecule has 0 saturated carbocycles. The van der Waals surface area contributed by atoms with E-state index in [2.05, 4.69) is 0 Å². The number of ether oxygens (including phenoxy) is 1. The SMILES string of the molecule is Cc1ccc(OCC(C)C)c([B-](F)(F)F)c1.[K+]. The summed E-state index contributed by atoms with van der Waals surface area (Å²) in [5.74, 6) is 0.140. The zero-order chi connectivity index (χ0) is 12.3. The van der Waals surface area contributed by atoms with E-state index in [0.717, 1.165) is 6.07 Å². The first-order chi connectivity index (χ1) is 7.30. The maximum Gasteiger partial charge on any atom is 1.00 e. The van der Waals surface area contributed by atoms with Crippen LogP contribution in [0, 0.1) is 12.8 Å². The molecule has 0 saturated heterocycles. The predicted molar refractivity (Wildman–Crippen MR) is 60.2 cm³/mol. The maximum absolute atomic E-state index is 12.7. The Kier molecular flexibility index (Phi) is 7.40. The van der Waals surface area contributed by atoms with Gasteiger partial charge in [-0.25, -0.2) is 0 Å². The molecular weight excluding hydrogens is 255 g/mol. The third kappa shape index (κ3) is 5.79. The monoisotopic (exact) mass is 270 g/mol. The minimum atomic E-state index is -5.01. The van der Waals surface area contributed by atoms with Crippen molar-refractivity contribution in [2.24, 2.45) is 5.92 Å². The van der Waals surface area contributed by atoms with E-state index in [1.807, 2.05) is 13.8 Å². The van der Waals surface area contributed by atoms with Crippen molar-refractivity contribution in [2.45, 2.75) is 20.8 Å². The van der Waals surface area contributed by atoms with Crippen molar-refractivity contribution in [3.8, 4) is 5.75 Å². The predicted octanol–water partition coefficient (Wildman–Crippen LogP) is 0.0882. The molecule has 0 aliphatic heterocycles. The van der Waals surface area contributed by atoms with Crippen LogP contribution in [0.5, 0.6) is 5.75 Å². The van der Waals surface area contributed by atoms with Gasteiger partial charge in [-0.15, -0.1) is 0 Å². The molecule has 0 spiro atoms. The summed E-state index contributed by atoms with van der Waals surface area (Å²) >= 11 is 0. The molecule has 0 heterocycles. The molecule has 1 rings (SSSR count). The normalized spacial score (nSPS) is 11.2. The summed E-state index contributed by atoms with van der Waals surface area (Å²) in [6.07, 6.45) is 0. The van der Waals surface area contributed by atoms with Crippen LogP contribution < -0.4 is 61.6 Å². The Morgan fingerprint density at radius 3 is 2.29 bits per heavy atom. The first kappa shape index (κ1) is 17.5. The second kappa shape index (κ2) is 7.19. The van der Waals surface area contributed by atoms with Crippen molar-refractivity contribution in [3.05, 3.63) is 23.8 Å². The Labute approximate surface area is 143 Å². The average Bonchev–Trinajstić information content (AvgIpc) is 2.14. The Morgan fingerprint density at radius 2 is 1.82 bits per heavy atom. The van der Waals surface area contributed by atoms with Crippen molar-refractivity contribution < 1.29 is 69.1 Å². The molecule has 90 valence electrons. The topological polar surface area (TPSA) is 9.23 Å². The molecule has 0 amide bonds. The molecular formula is C11H15BF3KO. The van der Waals surface area contributed by atoms with Gasteiger partial charge in [-0.05, 0) is 18.9 Å². The summed E-state index contributed by atoms with van der Waals surface area (Å²) in [4.78, 5) is 0. The average molecular weight is 270 g/mol. The molecule has 0 aliphatic carbocycles. The molecule has 0 N–H and O–H groups in total. The zero-order valence-corrected chi connectivity index (χ0v) is 13.8. The van der Waals surface area contributed by atoms with Crippen LogP contribution in [0.2, 0.25) is 0 Å². The molecule has 0 radical (unpaired) electrons. The fourth-order valence-electron chi connectivity index (χ4n) is 1.31. The smallest absolute Gasteiger partial charge is 0.496 e. The summed E-state index contributed by atoms with van der Waals surface area (Å²) < 4.78 is 43.4. The molecule has 17 heavy (non-hydrogen) atoms. The number of aryl methyl sites for hydroxylation is 1. The molecule has 0 unspecified atom stereocenters. The molecule has 0 fully saturated rings. The van der Waals surface area contributed by atoms with Gasteiger partial charge in [0.25, 0.3) is 0 Å². The van der Waals surface area contributed by atoms with Crippen LogP contribution in [0.1, 0.15) is 19.4 Å². The molecule has 0 aromatic heterocycles. The van der Waals surface area contributed by atoms with Gasteiger partial charge in [0.05, 0.1) is 12.4 Å². The minimum Gasteiger partial charge on any atom is -0.496 e. The quantitative estimate of drug-likeness (QED) is 0.705. The number of hydrogen-bond donors (Lipinski definition) is 0. The van der Waals surface area contributed by atoms with E-state index in [9.17, 15) is 12.9 Å². The van der Waals surface area contributed by atoms with Crippen LogP contribution >= 0.6 is 0 Å². The van der Waals surface area contributed by atoms with Crippen LogP contribution in [0.4, 0.5) is 12.9 Å². The van der Waals surface area contributed by atoms with Crippen molar-refractivity contribution >= 4 is 12.4 Å². The van der Waals surface area contributed by atoms with E-state index >= 15 is 0 Å². The second-order valence-electron chi connectivity index (χ2n) is 4.32. The number of hydrogen-bond acceptors (Lipinski definition) is 1.